The van der Waals surface area contributed by atoms with Gasteiger partial charge in [-0.25, -0.2) is 4.98 Å². The van der Waals surface area contributed by atoms with Gasteiger partial charge < -0.3 is 9.64 Å². The highest BCUT2D eigenvalue weighted by molar-refractivity contribution is 7.16. The fourth-order valence-electron chi connectivity index (χ4n) is 3.55. The van der Waals surface area contributed by atoms with Crippen LogP contribution in [0, 0.1) is 0 Å². The fourth-order valence-corrected chi connectivity index (χ4v) is 4.38. The molecule has 0 spiro atoms. The van der Waals surface area contributed by atoms with E-state index in [1.54, 1.807) is 17.5 Å². The van der Waals surface area contributed by atoms with E-state index in [2.05, 4.69) is 28.0 Å². The summed E-state index contributed by atoms with van der Waals surface area (Å²) >= 11 is 1.62. The third kappa shape index (κ3) is 2.98. The number of fused-ring (bicyclic) bond motifs is 2. The molecule has 4 heterocycles. The Labute approximate surface area is 141 Å². The lowest BCUT2D eigenvalue weighted by molar-refractivity contribution is 0.0660. The van der Waals surface area contributed by atoms with E-state index in [9.17, 15) is 0 Å². The van der Waals surface area contributed by atoms with Crippen molar-refractivity contribution in [2.45, 2.75) is 43.9 Å². The molecular weight excluding hydrogens is 318 g/mol. The minimum Gasteiger partial charge on any atom is -0.467 e. The minimum atomic E-state index is 0. The van der Waals surface area contributed by atoms with Crippen molar-refractivity contribution in [2.24, 2.45) is 0 Å². The zero-order valence-electron chi connectivity index (χ0n) is 12.5. The highest BCUT2D eigenvalue weighted by Gasteiger charge is 2.39. The first-order chi connectivity index (χ1) is 10.3. The number of halogens is 1. The summed E-state index contributed by atoms with van der Waals surface area (Å²) in [4.78, 5) is 12.2. The van der Waals surface area contributed by atoms with Gasteiger partial charge in [-0.05, 0) is 38.8 Å². The molecule has 2 bridgehead atoms. The SMILES string of the molecule is CN1C2CCC1CC(Oc1ncc(-c3cccnc3)s1)C2.Cl. The summed E-state index contributed by atoms with van der Waals surface area (Å²) in [6.45, 7) is 0. The van der Waals surface area contributed by atoms with Crippen LogP contribution in [0.15, 0.2) is 30.7 Å². The number of ether oxygens (including phenoxy) is 1. The molecule has 2 aromatic heterocycles. The van der Waals surface area contributed by atoms with Crippen molar-refractivity contribution in [2.75, 3.05) is 7.05 Å². The van der Waals surface area contributed by atoms with Crippen molar-refractivity contribution in [3.05, 3.63) is 30.7 Å². The summed E-state index contributed by atoms with van der Waals surface area (Å²) in [5.74, 6) is 0. The van der Waals surface area contributed by atoms with E-state index in [0.717, 1.165) is 28.5 Å². The number of aromatic nitrogens is 2. The molecule has 0 saturated carbocycles. The van der Waals surface area contributed by atoms with Gasteiger partial charge in [0.2, 0.25) is 0 Å². The second kappa shape index (κ2) is 6.52. The Morgan fingerprint density at radius 3 is 2.68 bits per heavy atom. The van der Waals surface area contributed by atoms with Crippen LogP contribution in [-0.4, -0.2) is 40.1 Å². The summed E-state index contributed by atoms with van der Waals surface area (Å²) in [6, 6.07) is 5.41. The van der Waals surface area contributed by atoms with Gasteiger partial charge >= 0.3 is 0 Å². The first-order valence-electron chi connectivity index (χ1n) is 7.54. The number of piperidine rings is 1. The van der Waals surface area contributed by atoms with Gasteiger partial charge in [-0.1, -0.05) is 17.4 Å². The first-order valence-corrected chi connectivity index (χ1v) is 8.36. The predicted molar refractivity (Wildman–Crippen MR) is 90.8 cm³/mol. The standard InChI is InChI=1S/C16H19N3OS.ClH/c1-19-12-4-5-13(19)8-14(7-12)20-16-18-10-15(21-16)11-3-2-6-17-9-11;/h2-3,6,9-10,12-14H,4-5,7-8H2,1H3;1H. The van der Waals surface area contributed by atoms with Crippen LogP contribution >= 0.6 is 23.7 Å². The Morgan fingerprint density at radius 1 is 1.23 bits per heavy atom. The topological polar surface area (TPSA) is 38.2 Å². The van der Waals surface area contributed by atoms with Gasteiger partial charge in [0.1, 0.15) is 6.10 Å². The van der Waals surface area contributed by atoms with Gasteiger partial charge in [0.05, 0.1) is 4.88 Å². The molecule has 2 aliphatic rings. The maximum Gasteiger partial charge on any atom is 0.273 e. The molecule has 2 aliphatic heterocycles. The summed E-state index contributed by atoms with van der Waals surface area (Å²) < 4.78 is 6.15. The van der Waals surface area contributed by atoms with Gasteiger partial charge in [-0.3, -0.25) is 4.98 Å². The average molecular weight is 338 g/mol. The maximum absolute atomic E-state index is 6.15. The van der Waals surface area contributed by atoms with Gasteiger partial charge in [-0.15, -0.1) is 12.4 Å². The Hall–Kier alpha value is -1.17. The van der Waals surface area contributed by atoms with E-state index in [1.807, 2.05) is 18.5 Å². The number of hydrogen-bond acceptors (Lipinski definition) is 5. The number of nitrogens with zero attached hydrogens (tertiary/aromatic N) is 3. The monoisotopic (exact) mass is 337 g/mol. The lowest BCUT2D eigenvalue weighted by Crippen LogP contribution is -2.43. The van der Waals surface area contributed by atoms with E-state index < -0.39 is 0 Å². The highest BCUT2D eigenvalue weighted by atomic mass is 35.5. The van der Waals surface area contributed by atoms with Crippen LogP contribution in [0.1, 0.15) is 25.7 Å². The molecule has 22 heavy (non-hydrogen) atoms. The van der Waals surface area contributed by atoms with Crippen LogP contribution in [0.4, 0.5) is 0 Å². The molecule has 2 unspecified atom stereocenters. The van der Waals surface area contributed by atoms with Crippen molar-refractivity contribution < 1.29 is 4.74 Å². The molecule has 6 heteroatoms. The van der Waals surface area contributed by atoms with Gasteiger partial charge in [0, 0.05) is 36.2 Å². The predicted octanol–water partition coefficient (Wildman–Crippen LogP) is 3.63. The lowest BCUT2D eigenvalue weighted by Gasteiger charge is -2.35. The zero-order valence-corrected chi connectivity index (χ0v) is 14.1. The number of thiazole rings is 1. The Bertz CT molecular complexity index is 607. The zero-order chi connectivity index (χ0) is 14.2. The molecule has 0 aliphatic carbocycles. The van der Waals surface area contributed by atoms with Crippen molar-refractivity contribution in [1.29, 1.82) is 0 Å². The summed E-state index contributed by atoms with van der Waals surface area (Å²) in [6.07, 6.45) is 10.8. The highest BCUT2D eigenvalue weighted by Crippen LogP contribution is 2.37. The molecule has 2 fully saturated rings. The summed E-state index contributed by atoms with van der Waals surface area (Å²) in [7, 11) is 2.25. The molecule has 0 aromatic carbocycles. The van der Waals surface area contributed by atoms with Crippen LogP contribution in [0.2, 0.25) is 0 Å². The van der Waals surface area contributed by atoms with Crippen molar-refractivity contribution in [1.82, 2.24) is 14.9 Å². The molecule has 4 nitrogen and oxygen atoms in total. The molecule has 0 amide bonds. The molecule has 2 atom stereocenters. The minimum absolute atomic E-state index is 0. The van der Waals surface area contributed by atoms with Gasteiger partial charge in [-0.2, -0.15) is 0 Å². The second-order valence-electron chi connectivity index (χ2n) is 5.99. The van der Waals surface area contributed by atoms with E-state index in [1.165, 1.54) is 12.8 Å². The van der Waals surface area contributed by atoms with Crippen LogP contribution in [-0.2, 0) is 0 Å². The molecular formula is C16H20ClN3OS. The second-order valence-corrected chi connectivity index (χ2v) is 6.99. The Kier molecular flexibility index (Phi) is 4.66. The summed E-state index contributed by atoms with van der Waals surface area (Å²) in [5, 5.41) is 0.794. The van der Waals surface area contributed by atoms with E-state index >= 15 is 0 Å². The molecule has 118 valence electrons. The van der Waals surface area contributed by atoms with Crippen LogP contribution in [0.3, 0.4) is 0 Å². The normalized spacial score (nSPS) is 27.4. The van der Waals surface area contributed by atoms with Crippen LogP contribution < -0.4 is 4.74 Å². The van der Waals surface area contributed by atoms with Crippen LogP contribution in [0.5, 0.6) is 5.19 Å². The molecule has 2 saturated heterocycles. The fraction of sp³-hybridized carbons (Fsp3) is 0.500. The van der Waals surface area contributed by atoms with E-state index in [0.29, 0.717) is 18.2 Å². The van der Waals surface area contributed by atoms with Crippen molar-refractivity contribution in [3.8, 4) is 15.6 Å². The number of rotatable bonds is 3. The number of hydrogen-bond donors (Lipinski definition) is 0. The van der Waals surface area contributed by atoms with Gasteiger partial charge in [0.25, 0.3) is 5.19 Å². The van der Waals surface area contributed by atoms with E-state index in [-0.39, 0.29) is 12.4 Å². The number of pyridine rings is 1. The molecule has 2 aromatic rings. The van der Waals surface area contributed by atoms with E-state index in [4.69, 9.17) is 4.74 Å². The van der Waals surface area contributed by atoms with Crippen molar-refractivity contribution >= 4 is 23.7 Å². The van der Waals surface area contributed by atoms with Crippen molar-refractivity contribution in [3.63, 3.8) is 0 Å². The Morgan fingerprint density at radius 2 is 2.00 bits per heavy atom. The molecule has 0 N–H and O–H groups in total. The quantitative estimate of drug-likeness (QED) is 0.857. The summed E-state index contributed by atoms with van der Waals surface area (Å²) in [5.41, 5.74) is 1.10. The molecule has 4 rings (SSSR count). The maximum atomic E-state index is 6.15. The smallest absolute Gasteiger partial charge is 0.273 e. The lowest BCUT2D eigenvalue weighted by atomic mass is 10.0. The first kappa shape index (κ1) is 15.7. The van der Waals surface area contributed by atoms with Crippen LogP contribution in [0.25, 0.3) is 10.4 Å². The average Bonchev–Trinajstić information content (AvgIpc) is 3.03. The third-order valence-electron chi connectivity index (χ3n) is 4.75. The Balaban J connectivity index is 0.00000144. The molecule has 0 radical (unpaired) electrons. The third-order valence-corrected chi connectivity index (χ3v) is 5.69. The van der Waals surface area contributed by atoms with Gasteiger partial charge in [0.15, 0.2) is 0 Å². The largest absolute Gasteiger partial charge is 0.467 e.